The van der Waals surface area contributed by atoms with E-state index in [1.165, 1.54) is 5.56 Å². The number of benzene rings is 1. The van der Waals surface area contributed by atoms with Crippen molar-refractivity contribution in [2.75, 3.05) is 31.6 Å². The Morgan fingerprint density at radius 1 is 1.04 bits per heavy atom. The van der Waals surface area contributed by atoms with Crippen LogP contribution in [0, 0.1) is 0 Å². The highest BCUT2D eigenvalue weighted by atomic mass is 16.5. The van der Waals surface area contributed by atoms with Gasteiger partial charge in [0.15, 0.2) is 0 Å². The molecule has 0 aliphatic carbocycles. The summed E-state index contributed by atoms with van der Waals surface area (Å²) < 4.78 is 5.99. The van der Waals surface area contributed by atoms with Gasteiger partial charge in [-0.1, -0.05) is 36.4 Å². The zero-order valence-corrected chi connectivity index (χ0v) is 15.2. The predicted octanol–water partition coefficient (Wildman–Crippen LogP) is 3.23. The van der Waals surface area contributed by atoms with E-state index in [-0.39, 0.29) is 6.10 Å². The average molecular weight is 361 g/mol. The number of ether oxygens (including phenoxy) is 1. The Morgan fingerprint density at radius 3 is 2.81 bits per heavy atom. The van der Waals surface area contributed by atoms with Gasteiger partial charge in [0.05, 0.1) is 18.5 Å². The lowest BCUT2D eigenvalue weighted by molar-refractivity contribution is -0.0315. The van der Waals surface area contributed by atoms with E-state index in [1.807, 2.05) is 18.2 Å². The molecule has 27 heavy (non-hydrogen) atoms. The highest BCUT2D eigenvalue weighted by molar-refractivity contribution is 5.50. The van der Waals surface area contributed by atoms with Crippen LogP contribution in [0.5, 0.6) is 0 Å². The minimum atomic E-state index is -0.0156. The van der Waals surface area contributed by atoms with Crippen LogP contribution in [-0.4, -0.2) is 46.1 Å². The quantitative estimate of drug-likeness (QED) is 0.727. The fourth-order valence-corrected chi connectivity index (χ4v) is 3.21. The number of nitrogens with zero attached hydrogens (tertiary/aromatic N) is 4. The monoisotopic (exact) mass is 361 g/mol. The summed E-state index contributed by atoms with van der Waals surface area (Å²) in [6.45, 7) is 3.57. The fraction of sp³-hybridized carbons (Fsp3) is 0.286. The van der Waals surface area contributed by atoms with Crippen molar-refractivity contribution in [1.82, 2.24) is 19.9 Å². The second kappa shape index (κ2) is 8.70. The molecule has 1 aliphatic rings. The molecule has 138 valence electrons. The van der Waals surface area contributed by atoms with E-state index in [0.29, 0.717) is 5.82 Å². The molecule has 6 nitrogen and oxygen atoms in total. The molecule has 0 amide bonds. The molecule has 0 bridgehead atoms. The Labute approximate surface area is 159 Å². The van der Waals surface area contributed by atoms with Crippen molar-refractivity contribution in [3.8, 4) is 0 Å². The Morgan fingerprint density at radius 2 is 1.96 bits per heavy atom. The number of pyridine rings is 1. The summed E-state index contributed by atoms with van der Waals surface area (Å²) in [4.78, 5) is 15.5. The number of morpholine rings is 1. The Kier molecular flexibility index (Phi) is 5.67. The van der Waals surface area contributed by atoms with Gasteiger partial charge in [0, 0.05) is 32.0 Å². The molecular weight excluding hydrogens is 338 g/mol. The SMILES string of the molecule is c1ccc(CCN2CCO[C@@H](c3cccc(Nc4cnccn4)n3)C2)cc1. The molecule has 0 saturated carbocycles. The molecular formula is C21H23N5O. The molecule has 1 aliphatic heterocycles. The second-order valence-corrected chi connectivity index (χ2v) is 6.56. The molecule has 3 heterocycles. The van der Waals surface area contributed by atoms with E-state index in [2.05, 4.69) is 50.5 Å². The van der Waals surface area contributed by atoms with Gasteiger partial charge in [-0.05, 0) is 24.1 Å². The van der Waals surface area contributed by atoms with E-state index in [4.69, 9.17) is 9.72 Å². The first-order chi connectivity index (χ1) is 13.4. The van der Waals surface area contributed by atoms with E-state index in [1.54, 1.807) is 18.6 Å². The zero-order valence-electron chi connectivity index (χ0n) is 15.2. The van der Waals surface area contributed by atoms with Crippen LogP contribution in [0.15, 0.2) is 67.1 Å². The normalized spacial score (nSPS) is 17.6. The molecule has 2 aromatic heterocycles. The standard InChI is InChI=1S/C21H23N5O/c1-2-5-17(6-3-1)9-12-26-13-14-27-19(16-26)18-7-4-8-20(24-18)25-21-15-22-10-11-23-21/h1-8,10-11,15,19H,9,12-14,16H2,(H,23,24,25)/t19-/m1/s1. The van der Waals surface area contributed by atoms with E-state index in [9.17, 15) is 0 Å². The van der Waals surface area contributed by atoms with Gasteiger partial charge in [0.25, 0.3) is 0 Å². The summed E-state index contributed by atoms with van der Waals surface area (Å²) in [7, 11) is 0. The topological polar surface area (TPSA) is 63.2 Å². The maximum atomic E-state index is 5.99. The number of hydrogen-bond donors (Lipinski definition) is 1. The van der Waals surface area contributed by atoms with Crippen LogP contribution in [0.2, 0.25) is 0 Å². The number of hydrogen-bond acceptors (Lipinski definition) is 6. The van der Waals surface area contributed by atoms with Gasteiger partial charge in [0.2, 0.25) is 0 Å². The molecule has 1 atom stereocenters. The maximum Gasteiger partial charge on any atom is 0.150 e. The van der Waals surface area contributed by atoms with Crippen molar-refractivity contribution in [3.05, 3.63) is 78.4 Å². The highest BCUT2D eigenvalue weighted by Gasteiger charge is 2.23. The van der Waals surface area contributed by atoms with Crippen LogP contribution in [0.1, 0.15) is 17.4 Å². The fourth-order valence-electron chi connectivity index (χ4n) is 3.21. The summed E-state index contributed by atoms with van der Waals surface area (Å²) in [6.07, 6.45) is 6.01. The lowest BCUT2D eigenvalue weighted by atomic mass is 10.1. The molecule has 1 N–H and O–H groups in total. The lowest BCUT2D eigenvalue weighted by Crippen LogP contribution is -2.39. The van der Waals surface area contributed by atoms with Gasteiger partial charge in [-0.2, -0.15) is 0 Å². The maximum absolute atomic E-state index is 5.99. The first kappa shape index (κ1) is 17.6. The van der Waals surface area contributed by atoms with Crippen LogP contribution in [0.25, 0.3) is 0 Å². The molecule has 0 radical (unpaired) electrons. The third-order valence-corrected chi connectivity index (χ3v) is 4.63. The van der Waals surface area contributed by atoms with Crippen LogP contribution in [0.3, 0.4) is 0 Å². The number of aromatic nitrogens is 3. The first-order valence-corrected chi connectivity index (χ1v) is 9.25. The average Bonchev–Trinajstić information content (AvgIpc) is 2.74. The smallest absolute Gasteiger partial charge is 0.150 e. The van der Waals surface area contributed by atoms with Gasteiger partial charge >= 0.3 is 0 Å². The van der Waals surface area contributed by atoms with E-state index in [0.717, 1.165) is 44.2 Å². The number of rotatable bonds is 6. The molecule has 6 heteroatoms. The van der Waals surface area contributed by atoms with Gasteiger partial charge in [-0.25, -0.2) is 9.97 Å². The van der Waals surface area contributed by atoms with Gasteiger partial charge < -0.3 is 10.1 Å². The summed E-state index contributed by atoms with van der Waals surface area (Å²) in [5.74, 6) is 1.43. The predicted molar refractivity (Wildman–Crippen MR) is 105 cm³/mol. The summed E-state index contributed by atoms with van der Waals surface area (Å²) in [5.41, 5.74) is 2.31. The van der Waals surface area contributed by atoms with Crippen molar-refractivity contribution in [2.45, 2.75) is 12.5 Å². The largest absolute Gasteiger partial charge is 0.369 e. The summed E-state index contributed by atoms with van der Waals surface area (Å²) in [5, 5.41) is 3.19. The summed E-state index contributed by atoms with van der Waals surface area (Å²) in [6, 6.07) is 16.5. The molecule has 1 saturated heterocycles. The van der Waals surface area contributed by atoms with Crippen molar-refractivity contribution < 1.29 is 4.74 Å². The highest BCUT2D eigenvalue weighted by Crippen LogP contribution is 2.23. The third kappa shape index (κ3) is 4.87. The minimum absolute atomic E-state index is 0.0156. The van der Waals surface area contributed by atoms with Gasteiger partial charge in [0.1, 0.15) is 17.7 Å². The first-order valence-electron chi connectivity index (χ1n) is 9.25. The van der Waals surface area contributed by atoms with E-state index >= 15 is 0 Å². The molecule has 0 unspecified atom stereocenters. The Hall–Kier alpha value is -2.83. The Balaban J connectivity index is 1.38. The zero-order chi connectivity index (χ0) is 18.3. The van der Waals surface area contributed by atoms with Crippen LogP contribution in [0.4, 0.5) is 11.6 Å². The van der Waals surface area contributed by atoms with Crippen molar-refractivity contribution in [3.63, 3.8) is 0 Å². The third-order valence-electron chi connectivity index (χ3n) is 4.63. The molecule has 3 aromatic rings. The van der Waals surface area contributed by atoms with Crippen LogP contribution >= 0.6 is 0 Å². The molecule has 1 fully saturated rings. The van der Waals surface area contributed by atoms with Gasteiger partial charge in [-0.15, -0.1) is 0 Å². The van der Waals surface area contributed by atoms with Crippen molar-refractivity contribution >= 4 is 11.6 Å². The molecule has 0 spiro atoms. The molecule has 1 aromatic carbocycles. The Bertz CT molecular complexity index is 843. The van der Waals surface area contributed by atoms with Crippen molar-refractivity contribution in [1.29, 1.82) is 0 Å². The summed E-state index contributed by atoms with van der Waals surface area (Å²) >= 11 is 0. The van der Waals surface area contributed by atoms with Crippen LogP contribution in [-0.2, 0) is 11.2 Å². The number of anilines is 2. The lowest BCUT2D eigenvalue weighted by Gasteiger charge is -2.32. The van der Waals surface area contributed by atoms with Crippen molar-refractivity contribution in [2.24, 2.45) is 0 Å². The van der Waals surface area contributed by atoms with E-state index < -0.39 is 0 Å². The minimum Gasteiger partial charge on any atom is -0.369 e. The van der Waals surface area contributed by atoms with Crippen LogP contribution < -0.4 is 5.32 Å². The number of nitrogens with one attached hydrogen (secondary N) is 1. The molecule has 4 rings (SSSR count). The van der Waals surface area contributed by atoms with Gasteiger partial charge in [-0.3, -0.25) is 9.88 Å². The second-order valence-electron chi connectivity index (χ2n) is 6.56.